The molecule has 42 heavy (non-hydrogen) atoms. The van der Waals surface area contributed by atoms with Gasteiger partial charge in [-0.05, 0) is 76.4 Å². The Morgan fingerprint density at radius 3 is 2.02 bits per heavy atom. The number of hydrogen-bond acceptors (Lipinski definition) is 5. The molecule has 0 bridgehead atoms. The number of alkyl halides is 6. The number of anilines is 1. The predicted octanol–water partition coefficient (Wildman–Crippen LogP) is 5.52. The number of rotatable bonds is 9. The highest BCUT2D eigenvalue weighted by Crippen LogP contribution is 2.37. The van der Waals surface area contributed by atoms with Crippen LogP contribution in [0.5, 0.6) is 0 Å². The van der Waals surface area contributed by atoms with E-state index >= 15 is 0 Å². The lowest BCUT2D eigenvalue weighted by Crippen LogP contribution is -2.51. The Morgan fingerprint density at radius 2 is 1.50 bits per heavy atom. The number of nitrogens with zero attached hydrogens (tertiary/aromatic N) is 1. The largest absolute Gasteiger partial charge is 0.416 e. The first-order valence-corrected chi connectivity index (χ1v) is 14.9. The molecular formula is C28H33F6N3O4S. The van der Waals surface area contributed by atoms with E-state index in [0.717, 1.165) is 0 Å². The Hall–Kier alpha value is -3.13. The quantitative estimate of drug-likeness (QED) is 0.284. The Kier molecular flexibility index (Phi) is 10.3. The molecule has 0 spiro atoms. The Morgan fingerprint density at radius 1 is 0.929 bits per heavy atom. The van der Waals surface area contributed by atoms with Crippen molar-refractivity contribution < 1.29 is 44.3 Å². The second-order valence-electron chi connectivity index (χ2n) is 10.8. The molecule has 1 aliphatic rings. The van der Waals surface area contributed by atoms with Crippen LogP contribution in [0.15, 0.2) is 53.4 Å². The van der Waals surface area contributed by atoms with Gasteiger partial charge in [-0.2, -0.15) is 26.3 Å². The first-order valence-electron chi connectivity index (χ1n) is 13.2. The molecule has 2 N–H and O–H groups in total. The molecule has 2 aromatic carbocycles. The van der Waals surface area contributed by atoms with E-state index in [0.29, 0.717) is 31.4 Å². The summed E-state index contributed by atoms with van der Waals surface area (Å²) >= 11 is 0. The summed E-state index contributed by atoms with van der Waals surface area (Å²) in [7, 11) is -1.80. The van der Waals surface area contributed by atoms with Gasteiger partial charge < -0.3 is 15.5 Å². The van der Waals surface area contributed by atoms with Gasteiger partial charge in [0.05, 0.1) is 21.8 Å². The zero-order valence-electron chi connectivity index (χ0n) is 23.2. The molecule has 3 atom stereocenters. The molecule has 2 amide bonds. The van der Waals surface area contributed by atoms with Crippen molar-refractivity contribution in [2.24, 2.45) is 5.92 Å². The third-order valence-corrected chi connectivity index (χ3v) is 9.28. The van der Waals surface area contributed by atoms with Gasteiger partial charge in [0.25, 0.3) is 0 Å². The highest BCUT2D eigenvalue weighted by Gasteiger charge is 2.38. The minimum absolute atomic E-state index is 0.0427. The van der Waals surface area contributed by atoms with Crippen LogP contribution in [0.25, 0.3) is 0 Å². The van der Waals surface area contributed by atoms with Gasteiger partial charge >= 0.3 is 12.4 Å². The smallest absolute Gasteiger partial charge is 0.353 e. The van der Waals surface area contributed by atoms with Crippen molar-refractivity contribution in [3.63, 3.8) is 0 Å². The van der Waals surface area contributed by atoms with Gasteiger partial charge in [0, 0.05) is 23.8 Å². The van der Waals surface area contributed by atoms with Crippen LogP contribution in [0, 0.1) is 5.92 Å². The van der Waals surface area contributed by atoms with Crippen molar-refractivity contribution in [2.75, 3.05) is 18.1 Å². The lowest BCUT2D eigenvalue weighted by molar-refractivity contribution is -0.143. The maximum Gasteiger partial charge on any atom is 0.416 e. The molecule has 7 nitrogen and oxygen atoms in total. The molecule has 2 aromatic rings. The van der Waals surface area contributed by atoms with Crippen LogP contribution in [0.1, 0.15) is 50.7 Å². The number of halogens is 6. The van der Waals surface area contributed by atoms with Crippen molar-refractivity contribution >= 4 is 27.3 Å². The number of hydrogen-bond donors (Lipinski definition) is 2. The molecule has 1 saturated carbocycles. The molecule has 3 unspecified atom stereocenters. The lowest BCUT2D eigenvalue weighted by atomic mass is 9.81. The van der Waals surface area contributed by atoms with E-state index in [4.69, 9.17) is 0 Å². The third kappa shape index (κ3) is 8.93. The molecule has 0 heterocycles. The Bertz CT molecular complexity index is 1330. The van der Waals surface area contributed by atoms with Crippen LogP contribution in [-0.2, 0) is 31.8 Å². The summed E-state index contributed by atoms with van der Waals surface area (Å²) in [6, 6.07) is 8.08. The molecule has 0 saturated heterocycles. The highest BCUT2D eigenvalue weighted by molar-refractivity contribution is 7.91. The van der Waals surface area contributed by atoms with Gasteiger partial charge in [-0.25, -0.2) is 8.42 Å². The second kappa shape index (κ2) is 13.0. The van der Waals surface area contributed by atoms with Gasteiger partial charge in [0.1, 0.15) is 6.42 Å². The van der Waals surface area contributed by atoms with Gasteiger partial charge in [0.2, 0.25) is 11.8 Å². The molecule has 1 aliphatic carbocycles. The zero-order chi connectivity index (χ0) is 31.5. The molecule has 232 valence electrons. The van der Waals surface area contributed by atoms with Crippen molar-refractivity contribution in [3.8, 4) is 0 Å². The zero-order valence-corrected chi connectivity index (χ0v) is 24.0. The number of sulfone groups is 1. The summed E-state index contributed by atoms with van der Waals surface area (Å²) in [6.07, 6.45) is -9.60. The lowest BCUT2D eigenvalue weighted by Gasteiger charge is -2.41. The molecule has 14 heteroatoms. The number of carbonyl (C=O) groups is 2. The molecule has 1 fully saturated rings. The maximum atomic E-state index is 13.2. The number of benzene rings is 2. The number of carbonyl (C=O) groups excluding carboxylic acids is 2. The first-order chi connectivity index (χ1) is 19.4. The van der Waals surface area contributed by atoms with Crippen LogP contribution >= 0.6 is 0 Å². The fourth-order valence-electron chi connectivity index (χ4n) is 5.05. The molecule has 0 radical (unpaired) electrons. The highest BCUT2D eigenvalue weighted by atomic mass is 32.2. The maximum absolute atomic E-state index is 13.2. The van der Waals surface area contributed by atoms with E-state index in [1.54, 1.807) is 18.2 Å². The van der Waals surface area contributed by atoms with Crippen LogP contribution in [0.3, 0.4) is 0 Å². The standard InChI is InChI=1S/C28H33F6N3O4S/c1-17(2)37(3)22-9-10-24(18(11-22)16-42(40,41)23-7-5-4-6-8-23)36-26(39)15-25(38)35-21-13-19(27(29,30)31)12-20(14-21)28(32,33)34/h4-8,12-14,17-18,22,24H,9-11,15-16H2,1-3H3,(H,35,38)(H,36,39). The number of amides is 2. The first kappa shape index (κ1) is 33.4. The Labute approximate surface area is 240 Å². The average Bonchev–Trinajstić information content (AvgIpc) is 2.88. The van der Waals surface area contributed by atoms with E-state index in [2.05, 4.69) is 10.2 Å². The summed E-state index contributed by atoms with van der Waals surface area (Å²) in [5, 5.41) is 4.62. The normalized spacial score (nSPS) is 20.0. The van der Waals surface area contributed by atoms with Gasteiger partial charge in [0.15, 0.2) is 9.84 Å². The van der Waals surface area contributed by atoms with Gasteiger partial charge in [-0.15, -0.1) is 0 Å². The molecule has 3 rings (SSSR count). The third-order valence-electron chi connectivity index (χ3n) is 7.42. The van der Waals surface area contributed by atoms with E-state index in [-0.39, 0.29) is 28.8 Å². The van der Waals surface area contributed by atoms with Crippen molar-refractivity contribution in [1.29, 1.82) is 0 Å². The second-order valence-corrected chi connectivity index (χ2v) is 12.8. The molecule has 0 aliphatic heterocycles. The van der Waals surface area contributed by atoms with E-state index in [1.165, 1.54) is 12.1 Å². The topological polar surface area (TPSA) is 95.6 Å². The van der Waals surface area contributed by atoms with Crippen molar-refractivity contribution in [1.82, 2.24) is 10.2 Å². The predicted molar refractivity (Wildman–Crippen MR) is 144 cm³/mol. The van der Waals surface area contributed by atoms with E-state index in [9.17, 15) is 44.3 Å². The van der Waals surface area contributed by atoms with E-state index in [1.807, 2.05) is 26.2 Å². The summed E-state index contributed by atoms with van der Waals surface area (Å²) in [4.78, 5) is 27.5. The summed E-state index contributed by atoms with van der Waals surface area (Å²) in [6.45, 7) is 4.01. The van der Waals surface area contributed by atoms with Crippen LogP contribution < -0.4 is 10.6 Å². The van der Waals surface area contributed by atoms with Crippen LogP contribution in [0.2, 0.25) is 0 Å². The van der Waals surface area contributed by atoms with Crippen molar-refractivity contribution in [3.05, 3.63) is 59.7 Å². The fraction of sp³-hybridized carbons (Fsp3) is 0.500. The minimum atomic E-state index is -5.10. The van der Waals surface area contributed by atoms with Crippen LogP contribution in [0.4, 0.5) is 32.0 Å². The fourth-order valence-corrected chi connectivity index (χ4v) is 6.74. The summed E-state index contributed by atoms with van der Waals surface area (Å²) in [5.41, 5.74) is -3.98. The minimum Gasteiger partial charge on any atom is -0.353 e. The SMILES string of the molecule is CC(C)N(C)C1CCC(NC(=O)CC(=O)Nc2cc(C(F)(F)F)cc(C(F)(F)F)c2)C(CS(=O)(=O)c2ccccc2)C1. The summed E-state index contributed by atoms with van der Waals surface area (Å²) < 4.78 is 105. The monoisotopic (exact) mass is 621 g/mol. The summed E-state index contributed by atoms with van der Waals surface area (Å²) in [5.74, 6) is -2.74. The Balaban J connectivity index is 1.74. The van der Waals surface area contributed by atoms with Crippen molar-refractivity contribution in [2.45, 2.75) is 74.9 Å². The average molecular weight is 622 g/mol. The van der Waals surface area contributed by atoms with Gasteiger partial charge in [-0.1, -0.05) is 18.2 Å². The van der Waals surface area contributed by atoms with E-state index < -0.39 is 69.2 Å². The van der Waals surface area contributed by atoms with Crippen LogP contribution in [-0.4, -0.2) is 56.1 Å². The van der Waals surface area contributed by atoms with Gasteiger partial charge in [-0.3, -0.25) is 9.59 Å². The number of nitrogens with one attached hydrogen (secondary N) is 2. The molecular weight excluding hydrogens is 588 g/mol. The molecule has 0 aromatic heterocycles.